The Labute approximate surface area is 150 Å². The Morgan fingerprint density at radius 1 is 1.12 bits per heavy atom. The summed E-state index contributed by atoms with van der Waals surface area (Å²) >= 11 is 0. The first-order chi connectivity index (χ1) is 12.8. The minimum Gasteiger partial charge on any atom is -0.452 e. The molecule has 0 saturated carbocycles. The molecule has 1 aliphatic carbocycles. The molecule has 0 spiro atoms. The summed E-state index contributed by atoms with van der Waals surface area (Å²) in [5.41, 5.74) is 7.63. The molecule has 0 saturated heterocycles. The number of hydrogen-bond acceptors (Lipinski definition) is 4. The minimum atomic E-state index is 0.631. The van der Waals surface area contributed by atoms with Gasteiger partial charge in [-0.15, -0.1) is 0 Å². The number of nitrogens with two attached hydrogens (primary N) is 1. The Balaban J connectivity index is 1.77. The zero-order valence-electron chi connectivity index (χ0n) is 14.5. The third kappa shape index (κ3) is 1.83. The summed E-state index contributed by atoms with van der Waals surface area (Å²) in [6, 6.07) is 8.03. The second-order valence-electron chi connectivity index (χ2n) is 7.33. The second kappa shape index (κ2) is 5.04. The molecule has 0 fully saturated rings. The number of aryl methyl sites for hydroxylation is 2. The second-order valence-corrected chi connectivity index (χ2v) is 7.33. The normalized spacial score (nSPS) is 16.4. The van der Waals surface area contributed by atoms with Crippen molar-refractivity contribution in [2.24, 2.45) is 0 Å². The molecule has 0 radical (unpaired) electrons. The fraction of sp³-hybridized carbons (Fsp3) is 0.286. The van der Waals surface area contributed by atoms with E-state index in [2.05, 4.69) is 16.0 Å². The summed E-state index contributed by atoms with van der Waals surface area (Å²) in [5.74, 6) is 0.736. The first-order valence-electron chi connectivity index (χ1n) is 9.30. The summed E-state index contributed by atoms with van der Waals surface area (Å²) in [6.45, 7) is 2.30. The molecule has 6 rings (SSSR count). The fourth-order valence-electron chi connectivity index (χ4n) is 4.67. The number of anilines is 1. The van der Waals surface area contributed by atoms with Gasteiger partial charge in [0.15, 0.2) is 11.3 Å². The van der Waals surface area contributed by atoms with Gasteiger partial charge < -0.3 is 9.32 Å². The minimum absolute atomic E-state index is 0.631. The number of benzene rings is 2. The van der Waals surface area contributed by atoms with E-state index in [-0.39, 0.29) is 0 Å². The van der Waals surface area contributed by atoms with E-state index in [4.69, 9.17) is 14.8 Å². The van der Waals surface area contributed by atoms with E-state index in [9.17, 15) is 0 Å². The molecule has 0 unspecified atom stereocenters. The standard InChI is InChI=1S/C21H18N4O/c22-15-11-17-19(13-5-1-7-23-18(13)15)24-16-10-12-4-2-8-25-9-3-6-14(20(12)25)21(16)26-17/h1,5,7,10-11,22H,2-4,6,8-9H2/p+1. The molecule has 0 atom stereocenters. The Kier molecular flexibility index (Phi) is 2.76. The Morgan fingerprint density at radius 3 is 2.92 bits per heavy atom. The number of nitrogens with zero attached hydrogens (tertiary/aromatic N) is 3. The molecule has 5 nitrogen and oxygen atoms in total. The van der Waals surface area contributed by atoms with Crippen LogP contribution in [0.1, 0.15) is 24.0 Å². The topological polar surface area (TPSA) is 67.8 Å². The zero-order valence-corrected chi connectivity index (χ0v) is 14.5. The maximum Gasteiger partial charge on any atom is 0.227 e. The molecule has 4 heterocycles. The van der Waals surface area contributed by atoms with Crippen LogP contribution in [0.5, 0.6) is 0 Å². The molecular formula is C21H19N4O+. The number of pyridine rings is 1. The average molecular weight is 343 g/mol. The quantitative estimate of drug-likeness (QED) is 0.391. The smallest absolute Gasteiger partial charge is 0.227 e. The van der Waals surface area contributed by atoms with Gasteiger partial charge in [-0.25, -0.2) is 9.97 Å². The maximum absolute atomic E-state index is 6.41. The summed E-state index contributed by atoms with van der Waals surface area (Å²) in [4.78, 5) is 11.9. The zero-order chi connectivity index (χ0) is 17.3. The lowest BCUT2D eigenvalue weighted by Gasteiger charge is -2.37. The van der Waals surface area contributed by atoms with Gasteiger partial charge >= 0.3 is 0 Å². The molecule has 0 bridgehead atoms. The number of rotatable bonds is 0. The lowest BCUT2D eigenvalue weighted by atomic mass is 9.91. The predicted octanol–water partition coefficient (Wildman–Crippen LogP) is 1.84. The molecule has 1 aromatic heterocycles. The van der Waals surface area contributed by atoms with E-state index in [1.807, 2.05) is 18.2 Å². The molecule has 5 heteroatoms. The first kappa shape index (κ1) is 14.2. The Hall–Kier alpha value is -2.95. The van der Waals surface area contributed by atoms with Crippen LogP contribution in [-0.4, -0.2) is 23.1 Å². The van der Waals surface area contributed by atoms with Crippen LogP contribution in [0.25, 0.3) is 33.5 Å². The van der Waals surface area contributed by atoms with E-state index in [0.717, 1.165) is 59.4 Å². The molecule has 3 aliphatic heterocycles. The SMILES string of the molecule is [NH2+]=c1cc2oc3c4c5c(cc3nc-2c2cccnc12)CCCN5CCC4. The average Bonchev–Trinajstić information content (AvgIpc) is 2.68. The number of hydrogen-bond donors (Lipinski definition) is 1. The van der Waals surface area contributed by atoms with Crippen LogP contribution >= 0.6 is 0 Å². The van der Waals surface area contributed by atoms with Crippen LogP contribution in [0.3, 0.4) is 0 Å². The molecule has 2 aromatic rings. The van der Waals surface area contributed by atoms with Gasteiger partial charge in [0.05, 0.1) is 6.07 Å². The first-order valence-corrected chi connectivity index (χ1v) is 9.30. The van der Waals surface area contributed by atoms with E-state index >= 15 is 0 Å². The van der Waals surface area contributed by atoms with Crippen LogP contribution in [-0.2, 0) is 12.8 Å². The van der Waals surface area contributed by atoms with Gasteiger partial charge in [0, 0.05) is 35.9 Å². The van der Waals surface area contributed by atoms with Crippen molar-refractivity contribution in [3.8, 4) is 11.5 Å². The third-order valence-corrected chi connectivity index (χ3v) is 5.75. The monoisotopic (exact) mass is 343 g/mol. The van der Waals surface area contributed by atoms with Gasteiger partial charge in [0.2, 0.25) is 5.36 Å². The van der Waals surface area contributed by atoms with Gasteiger partial charge in [-0.05, 0) is 49.4 Å². The van der Waals surface area contributed by atoms with Crippen molar-refractivity contribution in [3.63, 3.8) is 0 Å². The molecule has 4 aliphatic rings. The van der Waals surface area contributed by atoms with Crippen molar-refractivity contribution in [1.82, 2.24) is 9.97 Å². The van der Waals surface area contributed by atoms with Crippen molar-refractivity contribution in [2.45, 2.75) is 25.7 Å². The third-order valence-electron chi connectivity index (χ3n) is 5.75. The lowest BCUT2D eigenvalue weighted by Crippen LogP contribution is -2.45. The molecule has 0 amide bonds. The molecule has 1 aromatic carbocycles. The number of aromatic nitrogens is 2. The number of fused-ring (bicyclic) bond motifs is 5. The molecule has 26 heavy (non-hydrogen) atoms. The van der Waals surface area contributed by atoms with Crippen molar-refractivity contribution in [1.29, 1.82) is 0 Å². The highest BCUT2D eigenvalue weighted by molar-refractivity contribution is 5.95. The summed E-state index contributed by atoms with van der Waals surface area (Å²) in [6.07, 6.45) is 6.32. The van der Waals surface area contributed by atoms with Gasteiger partial charge in [-0.1, -0.05) is 0 Å². The summed E-state index contributed by atoms with van der Waals surface area (Å²) in [5, 5.41) is 7.80. The van der Waals surface area contributed by atoms with Crippen molar-refractivity contribution in [2.75, 3.05) is 18.0 Å². The molecule has 128 valence electrons. The largest absolute Gasteiger partial charge is 0.452 e. The highest BCUT2D eigenvalue weighted by atomic mass is 16.3. The predicted molar refractivity (Wildman–Crippen MR) is 99.8 cm³/mol. The Bertz CT molecular complexity index is 1220. The van der Waals surface area contributed by atoms with E-state index in [0.29, 0.717) is 5.36 Å². The summed E-state index contributed by atoms with van der Waals surface area (Å²) < 4.78 is 6.41. The van der Waals surface area contributed by atoms with E-state index in [1.54, 1.807) is 6.20 Å². The van der Waals surface area contributed by atoms with Crippen LogP contribution in [0.15, 0.2) is 34.9 Å². The highest BCUT2D eigenvalue weighted by Gasteiger charge is 2.28. The summed E-state index contributed by atoms with van der Waals surface area (Å²) in [7, 11) is 0. The maximum atomic E-state index is 6.41. The van der Waals surface area contributed by atoms with Gasteiger partial charge in [-0.2, -0.15) is 0 Å². The van der Waals surface area contributed by atoms with Crippen LogP contribution in [0, 0.1) is 0 Å². The van der Waals surface area contributed by atoms with E-state index < -0.39 is 0 Å². The van der Waals surface area contributed by atoms with Crippen LogP contribution in [0.4, 0.5) is 5.69 Å². The fourth-order valence-corrected chi connectivity index (χ4v) is 4.67. The van der Waals surface area contributed by atoms with Gasteiger partial charge in [-0.3, -0.25) is 5.41 Å². The van der Waals surface area contributed by atoms with Crippen LogP contribution in [0.2, 0.25) is 0 Å². The van der Waals surface area contributed by atoms with Crippen molar-refractivity contribution in [3.05, 3.63) is 46.9 Å². The molecule has 2 N–H and O–H groups in total. The lowest BCUT2D eigenvalue weighted by molar-refractivity contribution is -0.170. The van der Waals surface area contributed by atoms with Crippen molar-refractivity contribution < 1.29 is 9.83 Å². The Morgan fingerprint density at radius 2 is 2.00 bits per heavy atom. The van der Waals surface area contributed by atoms with Gasteiger partial charge in [0.1, 0.15) is 16.7 Å². The van der Waals surface area contributed by atoms with E-state index in [1.165, 1.54) is 29.7 Å². The molecular weight excluding hydrogens is 324 g/mol. The van der Waals surface area contributed by atoms with Crippen molar-refractivity contribution >= 4 is 27.7 Å². The van der Waals surface area contributed by atoms with Gasteiger partial charge in [0.25, 0.3) is 0 Å². The highest BCUT2D eigenvalue weighted by Crippen LogP contribution is 2.41. The van der Waals surface area contributed by atoms with Crippen LogP contribution < -0.4 is 15.7 Å².